The molecule has 120 valence electrons. The maximum atomic E-state index is 12.3. The normalized spacial score (nSPS) is 17.4. The first kappa shape index (κ1) is 14.6. The van der Waals surface area contributed by atoms with E-state index < -0.39 is 0 Å². The molecule has 0 unspecified atom stereocenters. The average Bonchev–Trinajstić information content (AvgIpc) is 3.23. The molecule has 1 aliphatic rings. The van der Waals surface area contributed by atoms with Crippen molar-refractivity contribution < 1.29 is 9.32 Å². The lowest BCUT2D eigenvalue weighted by atomic mass is 10.1. The molecule has 0 spiro atoms. The van der Waals surface area contributed by atoms with E-state index in [0.29, 0.717) is 31.1 Å². The van der Waals surface area contributed by atoms with Gasteiger partial charge < -0.3 is 9.42 Å². The minimum Gasteiger partial charge on any atom is -0.339 e. The molecule has 2 aromatic carbocycles. The van der Waals surface area contributed by atoms with Crippen molar-refractivity contribution in [2.75, 3.05) is 11.4 Å². The van der Waals surface area contributed by atoms with Crippen LogP contribution in [0.25, 0.3) is 0 Å². The van der Waals surface area contributed by atoms with Crippen LogP contribution in [0.3, 0.4) is 0 Å². The molecule has 1 fully saturated rings. The molecule has 5 heteroatoms. The highest BCUT2D eigenvalue weighted by Gasteiger charge is 2.34. The van der Waals surface area contributed by atoms with Gasteiger partial charge in [-0.2, -0.15) is 4.98 Å². The van der Waals surface area contributed by atoms with Gasteiger partial charge in [-0.15, -0.1) is 0 Å². The maximum absolute atomic E-state index is 12.3. The molecule has 2 heterocycles. The van der Waals surface area contributed by atoms with Crippen LogP contribution < -0.4 is 4.90 Å². The molecule has 0 saturated carbocycles. The smallest absolute Gasteiger partial charge is 0.231 e. The number of nitrogens with zero attached hydrogens (tertiary/aromatic N) is 3. The van der Waals surface area contributed by atoms with Gasteiger partial charge in [0.1, 0.15) is 0 Å². The third-order valence-electron chi connectivity index (χ3n) is 4.24. The van der Waals surface area contributed by atoms with Crippen LogP contribution in [0, 0.1) is 0 Å². The Hall–Kier alpha value is -2.95. The molecule has 1 saturated heterocycles. The lowest BCUT2D eigenvalue weighted by Crippen LogP contribution is -2.24. The summed E-state index contributed by atoms with van der Waals surface area (Å²) < 4.78 is 5.37. The number of rotatable bonds is 4. The third kappa shape index (κ3) is 2.93. The van der Waals surface area contributed by atoms with Crippen molar-refractivity contribution in [1.29, 1.82) is 0 Å². The van der Waals surface area contributed by atoms with Crippen LogP contribution in [0.2, 0.25) is 0 Å². The molecule has 1 amide bonds. The standard InChI is InChI=1S/C19H17N3O2/c23-18-12-15(13-22(18)16-9-5-2-6-10-16)19-20-17(24-21-19)11-14-7-3-1-4-8-14/h1-10,15H,11-13H2/t15-/m0/s1. The molecule has 1 atom stereocenters. The summed E-state index contributed by atoms with van der Waals surface area (Å²) in [5.41, 5.74) is 2.04. The van der Waals surface area contributed by atoms with Crippen LogP contribution in [-0.4, -0.2) is 22.6 Å². The molecular weight excluding hydrogens is 302 g/mol. The number of anilines is 1. The molecule has 0 radical (unpaired) electrons. The summed E-state index contributed by atoms with van der Waals surface area (Å²) in [5, 5.41) is 4.09. The quantitative estimate of drug-likeness (QED) is 0.741. The van der Waals surface area contributed by atoms with Crippen LogP contribution in [-0.2, 0) is 11.2 Å². The Balaban J connectivity index is 1.48. The Morgan fingerprint density at radius 3 is 2.50 bits per heavy atom. The van der Waals surface area contributed by atoms with Crippen molar-refractivity contribution in [3.8, 4) is 0 Å². The van der Waals surface area contributed by atoms with Crippen LogP contribution in [0.1, 0.15) is 29.6 Å². The molecule has 3 aromatic rings. The lowest BCUT2D eigenvalue weighted by Gasteiger charge is -2.15. The lowest BCUT2D eigenvalue weighted by molar-refractivity contribution is -0.117. The highest BCUT2D eigenvalue weighted by molar-refractivity contribution is 5.96. The van der Waals surface area contributed by atoms with Crippen LogP contribution in [0.4, 0.5) is 5.69 Å². The number of hydrogen-bond donors (Lipinski definition) is 0. The topological polar surface area (TPSA) is 59.2 Å². The predicted molar refractivity (Wildman–Crippen MR) is 89.7 cm³/mol. The molecule has 1 aliphatic heterocycles. The molecule has 1 aromatic heterocycles. The van der Waals surface area contributed by atoms with Gasteiger partial charge >= 0.3 is 0 Å². The zero-order valence-corrected chi connectivity index (χ0v) is 13.1. The summed E-state index contributed by atoms with van der Waals surface area (Å²) in [7, 11) is 0. The number of carbonyl (C=O) groups is 1. The van der Waals surface area contributed by atoms with Gasteiger partial charge in [0, 0.05) is 24.6 Å². The zero-order valence-electron chi connectivity index (χ0n) is 13.1. The van der Waals surface area contributed by atoms with Gasteiger partial charge in [0.2, 0.25) is 11.8 Å². The number of para-hydroxylation sites is 1. The number of hydrogen-bond acceptors (Lipinski definition) is 4. The number of benzene rings is 2. The van der Waals surface area contributed by atoms with Gasteiger partial charge in [-0.05, 0) is 17.7 Å². The third-order valence-corrected chi connectivity index (χ3v) is 4.24. The fourth-order valence-corrected chi connectivity index (χ4v) is 3.01. The molecule has 5 nitrogen and oxygen atoms in total. The molecule has 0 bridgehead atoms. The summed E-state index contributed by atoms with van der Waals surface area (Å²) in [4.78, 5) is 18.6. The first-order chi connectivity index (χ1) is 11.8. The van der Waals surface area contributed by atoms with Gasteiger partial charge in [-0.1, -0.05) is 53.7 Å². The van der Waals surface area contributed by atoms with E-state index in [4.69, 9.17) is 4.52 Å². The van der Waals surface area contributed by atoms with E-state index in [1.54, 1.807) is 4.90 Å². The Labute approximate surface area is 139 Å². The minimum absolute atomic E-state index is 0.0222. The monoisotopic (exact) mass is 319 g/mol. The van der Waals surface area contributed by atoms with E-state index in [1.165, 1.54) is 0 Å². The Morgan fingerprint density at radius 1 is 1.04 bits per heavy atom. The zero-order chi connectivity index (χ0) is 16.4. The Kier molecular flexibility index (Phi) is 3.83. The highest BCUT2D eigenvalue weighted by Crippen LogP contribution is 2.30. The van der Waals surface area contributed by atoms with Gasteiger partial charge in [0.05, 0.1) is 6.42 Å². The van der Waals surface area contributed by atoms with Gasteiger partial charge in [-0.3, -0.25) is 4.79 Å². The molecule has 0 N–H and O–H groups in total. The molecular formula is C19H17N3O2. The average molecular weight is 319 g/mol. The second kappa shape index (κ2) is 6.28. The predicted octanol–water partition coefficient (Wildman–Crippen LogP) is 3.18. The molecule has 24 heavy (non-hydrogen) atoms. The minimum atomic E-state index is -0.0222. The second-order valence-electron chi connectivity index (χ2n) is 5.95. The van der Waals surface area contributed by atoms with Crippen molar-refractivity contribution in [2.45, 2.75) is 18.8 Å². The second-order valence-corrected chi connectivity index (χ2v) is 5.95. The van der Waals surface area contributed by atoms with Crippen molar-refractivity contribution in [2.24, 2.45) is 0 Å². The van der Waals surface area contributed by atoms with Gasteiger partial charge in [0.15, 0.2) is 5.82 Å². The largest absolute Gasteiger partial charge is 0.339 e. The summed E-state index contributed by atoms with van der Waals surface area (Å²) >= 11 is 0. The summed E-state index contributed by atoms with van der Waals surface area (Å²) in [6.45, 7) is 0.590. The fraction of sp³-hybridized carbons (Fsp3) is 0.211. The van der Waals surface area contributed by atoms with Gasteiger partial charge in [0.25, 0.3) is 0 Å². The van der Waals surface area contributed by atoms with Crippen molar-refractivity contribution in [3.63, 3.8) is 0 Å². The van der Waals surface area contributed by atoms with E-state index in [2.05, 4.69) is 10.1 Å². The van der Waals surface area contributed by atoms with E-state index in [0.717, 1.165) is 11.3 Å². The highest BCUT2D eigenvalue weighted by atomic mass is 16.5. The Bertz CT molecular complexity index is 830. The first-order valence-electron chi connectivity index (χ1n) is 8.01. The van der Waals surface area contributed by atoms with E-state index >= 15 is 0 Å². The maximum Gasteiger partial charge on any atom is 0.231 e. The van der Waals surface area contributed by atoms with E-state index in [1.807, 2.05) is 60.7 Å². The summed E-state index contributed by atoms with van der Waals surface area (Å²) in [6, 6.07) is 19.7. The molecule has 4 rings (SSSR count). The molecule has 0 aliphatic carbocycles. The van der Waals surface area contributed by atoms with E-state index in [9.17, 15) is 4.79 Å². The number of amides is 1. The van der Waals surface area contributed by atoms with Crippen LogP contribution in [0.5, 0.6) is 0 Å². The van der Waals surface area contributed by atoms with E-state index in [-0.39, 0.29) is 11.8 Å². The summed E-state index contributed by atoms with van der Waals surface area (Å²) in [5.74, 6) is 1.28. The summed E-state index contributed by atoms with van der Waals surface area (Å²) in [6.07, 6.45) is 1.02. The van der Waals surface area contributed by atoms with Crippen molar-refractivity contribution in [3.05, 3.63) is 77.9 Å². The van der Waals surface area contributed by atoms with Crippen molar-refractivity contribution in [1.82, 2.24) is 10.1 Å². The first-order valence-corrected chi connectivity index (χ1v) is 8.01. The fourth-order valence-electron chi connectivity index (χ4n) is 3.01. The van der Waals surface area contributed by atoms with Gasteiger partial charge in [-0.25, -0.2) is 0 Å². The SMILES string of the molecule is O=C1C[C@H](c2noc(Cc3ccccc3)n2)CN1c1ccccc1. The number of carbonyl (C=O) groups excluding carboxylic acids is 1. The van der Waals surface area contributed by atoms with Crippen molar-refractivity contribution >= 4 is 11.6 Å². The van der Waals surface area contributed by atoms with Crippen LogP contribution in [0.15, 0.2) is 65.2 Å². The van der Waals surface area contributed by atoms with Crippen LogP contribution >= 0.6 is 0 Å². The number of aromatic nitrogens is 2. The Morgan fingerprint density at radius 2 is 1.75 bits per heavy atom.